The van der Waals surface area contributed by atoms with Crippen molar-refractivity contribution in [2.75, 3.05) is 13.7 Å². The van der Waals surface area contributed by atoms with Gasteiger partial charge in [-0.05, 0) is 18.1 Å². The van der Waals surface area contributed by atoms with Crippen LogP contribution in [0, 0.1) is 0 Å². The fourth-order valence-corrected chi connectivity index (χ4v) is 2.03. The fourth-order valence-electron chi connectivity index (χ4n) is 2.03. The van der Waals surface area contributed by atoms with Crippen molar-refractivity contribution in [3.8, 4) is 11.5 Å². The van der Waals surface area contributed by atoms with E-state index in [1.165, 1.54) is 7.11 Å². The minimum Gasteiger partial charge on any atom is -0.504 e. The van der Waals surface area contributed by atoms with E-state index in [4.69, 9.17) is 4.74 Å². The van der Waals surface area contributed by atoms with Crippen molar-refractivity contribution in [2.45, 2.75) is 19.9 Å². The lowest BCUT2D eigenvalue weighted by Gasteiger charge is -2.28. The third-order valence-corrected chi connectivity index (χ3v) is 3.01. The molecule has 0 radical (unpaired) electrons. The minimum absolute atomic E-state index is 0.0351. The largest absolute Gasteiger partial charge is 0.504 e. The Morgan fingerprint density at radius 1 is 1.50 bits per heavy atom. The Morgan fingerprint density at radius 3 is 2.88 bits per heavy atom. The second kappa shape index (κ2) is 4.04. The summed E-state index contributed by atoms with van der Waals surface area (Å²) >= 11 is 0. The van der Waals surface area contributed by atoms with Gasteiger partial charge in [0.05, 0.1) is 7.11 Å². The average Bonchev–Trinajstić information content (AvgIpc) is 2.29. The Hall–Kier alpha value is -1.71. The van der Waals surface area contributed by atoms with Crippen molar-refractivity contribution >= 4 is 5.91 Å². The number of nitrogens with zero attached hydrogens (tertiary/aromatic N) is 1. The SMILES string of the molecule is COc1ccc2c(c1O)CN(C(C)=O)CC2. The number of carbonyl (C=O) groups excluding carboxylic acids is 1. The second-order valence-corrected chi connectivity index (χ2v) is 3.94. The van der Waals surface area contributed by atoms with E-state index < -0.39 is 0 Å². The van der Waals surface area contributed by atoms with Gasteiger partial charge in [-0.15, -0.1) is 0 Å². The van der Waals surface area contributed by atoms with Crippen LogP contribution in [0.1, 0.15) is 18.1 Å². The number of benzene rings is 1. The average molecular weight is 221 g/mol. The molecule has 2 rings (SSSR count). The van der Waals surface area contributed by atoms with Crippen LogP contribution in [-0.4, -0.2) is 29.6 Å². The van der Waals surface area contributed by atoms with Gasteiger partial charge < -0.3 is 14.7 Å². The maximum absolute atomic E-state index is 11.3. The number of methoxy groups -OCH3 is 1. The van der Waals surface area contributed by atoms with E-state index >= 15 is 0 Å². The molecule has 0 aromatic heterocycles. The number of carbonyl (C=O) groups is 1. The number of phenols is 1. The van der Waals surface area contributed by atoms with Gasteiger partial charge in [-0.2, -0.15) is 0 Å². The second-order valence-electron chi connectivity index (χ2n) is 3.94. The summed E-state index contributed by atoms with van der Waals surface area (Å²) in [5.41, 5.74) is 1.90. The van der Waals surface area contributed by atoms with Crippen LogP contribution in [0.4, 0.5) is 0 Å². The minimum atomic E-state index is 0.0351. The van der Waals surface area contributed by atoms with E-state index in [1.54, 1.807) is 17.9 Å². The highest BCUT2D eigenvalue weighted by Gasteiger charge is 2.22. The molecule has 4 heteroatoms. The molecular formula is C12H15NO3. The van der Waals surface area contributed by atoms with Gasteiger partial charge in [0, 0.05) is 25.6 Å². The van der Waals surface area contributed by atoms with Crippen LogP contribution in [0.2, 0.25) is 0 Å². The van der Waals surface area contributed by atoms with E-state index in [0.717, 1.165) is 17.5 Å². The summed E-state index contributed by atoms with van der Waals surface area (Å²) in [5.74, 6) is 0.656. The van der Waals surface area contributed by atoms with Crippen molar-refractivity contribution in [3.05, 3.63) is 23.3 Å². The van der Waals surface area contributed by atoms with Gasteiger partial charge in [0.2, 0.25) is 5.91 Å². The molecule has 1 heterocycles. The van der Waals surface area contributed by atoms with Crippen LogP contribution < -0.4 is 4.74 Å². The molecule has 1 amide bonds. The Kier molecular flexibility index (Phi) is 2.73. The molecule has 1 N–H and O–H groups in total. The summed E-state index contributed by atoms with van der Waals surface area (Å²) in [4.78, 5) is 13.0. The predicted octanol–water partition coefficient (Wildman–Crippen LogP) is 1.31. The van der Waals surface area contributed by atoms with Crippen LogP contribution in [0.25, 0.3) is 0 Å². The van der Waals surface area contributed by atoms with E-state index in [1.807, 2.05) is 6.07 Å². The zero-order valence-corrected chi connectivity index (χ0v) is 9.49. The highest BCUT2D eigenvalue weighted by Crippen LogP contribution is 2.35. The molecule has 0 spiro atoms. The first-order chi connectivity index (χ1) is 7.63. The first-order valence-electron chi connectivity index (χ1n) is 5.26. The number of phenolic OH excluding ortho intramolecular Hbond substituents is 1. The first kappa shape index (κ1) is 10.8. The molecule has 86 valence electrons. The Morgan fingerprint density at radius 2 is 2.25 bits per heavy atom. The third kappa shape index (κ3) is 1.71. The Balaban J connectivity index is 2.38. The lowest BCUT2D eigenvalue weighted by molar-refractivity contribution is -0.129. The van der Waals surface area contributed by atoms with Gasteiger partial charge in [-0.25, -0.2) is 0 Å². The molecule has 0 saturated carbocycles. The van der Waals surface area contributed by atoms with E-state index in [9.17, 15) is 9.90 Å². The maximum atomic E-state index is 11.3. The van der Waals surface area contributed by atoms with Crippen molar-refractivity contribution in [2.24, 2.45) is 0 Å². The highest BCUT2D eigenvalue weighted by atomic mass is 16.5. The molecule has 0 saturated heterocycles. The summed E-state index contributed by atoms with van der Waals surface area (Å²) < 4.78 is 5.05. The molecular weight excluding hydrogens is 206 g/mol. The Labute approximate surface area is 94.4 Å². The summed E-state index contributed by atoms with van der Waals surface area (Å²) in [6, 6.07) is 3.71. The lowest BCUT2D eigenvalue weighted by Crippen LogP contribution is -2.34. The van der Waals surface area contributed by atoms with E-state index in [-0.39, 0.29) is 11.7 Å². The van der Waals surface area contributed by atoms with Crippen LogP contribution in [0.15, 0.2) is 12.1 Å². The number of ether oxygens (including phenoxy) is 1. The number of aromatic hydroxyl groups is 1. The smallest absolute Gasteiger partial charge is 0.219 e. The Bertz CT molecular complexity index is 429. The summed E-state index contributed by atoms with van der Waals surface area (Å²) in [5, 5.41) is 9.97. The zero-order chi connectivity index (χ0) is 11.7. The fraction of sp³-hybridized carbons (Fsp3) is 0.417. The van der Waals surface area contributed by atoms with Gasteiger partial charge in [0.25, 0.3) is 0 Å². The zero-order valence-electron chi connectivity index (χ0n) is 9.49. The number of hydrogen-bond donors (Lipinski definition) is 1. The predicted molar refractivity (Wildman–Crippen MR) is 59.5 cm³/mol. The van der Waals surface area contributed by atoms with Gasteiger partial charge in [-0.1, -0.05) is 6.07 Å². The van der Waals surface area contributed by atoms with Crippen LogP contribution >= 0.6 is 0 Å². The molecule has 1 aromatic rings. The topological polar surface area (TPSA) is 49.8 Å². The van der Waals surface area contributed by atoms with Gasteiger partial charge in [0.15, 0.2) is 11.5 Å². The maximum Gasteiger partial charge on any atom is 0.219 e. The molecule has 4 nitrogen and oxygen atoms in total. The highest BCUT2D eigenvalue weighted by molar-refractivity contribution is 5.74. The van der Waals surface area contributed by atoms with Gasteiger partial charge in [-0.3, -0.25) is 4.79 Å². The number of hydrogen-bond acceptors (Lipinski definition) is 3. The summed E-state index contributed by atoms with van der Waals surface area (Å²) in [6.07, 6.45) is 0.784. The van der Waals surface area contributed by atoms with E-state index in [0.29, 0.717) is 18.8 Å². The standard InChI is InChI=1S/C12H15NO3/c1-8(14)13-6-5-9-3-4-11(16-2)12(15)10(9)7-13/h3-4,15H,5-7H2,1-2H3. The molecule has 1 aliphatic rings. The van der Waals surface area contributed by atoms with Crippen molar-refractivity contribution < 1.29 is 14.6 Å². The molecule has 0 atom stereocenters. The van der Waals surface area contributed by atoms with Crippen molar-refractivity contribution in [3.63, 3.8) is 0 Å². The molecule has 1 aliphatic heterocycles. The summed E-state index contributed by atoms with van der Waals surface area (Å²) in [7, 11) is 1.52. The van der Waals surface area contributed by atoms with Gasteiger partial charge >= 0.3 is 0 Å². The summed E-state index contributed by atoms with van der Waals surface area (Å²) in [6.45, 7) is 2.73. The normalized spacial score (nSPS) is 14.5. The van der Waals surface area contributed by atoms with Crippen LogP contribution in [0.3, 0.4) is 0 Å². The molecule has 0 unspecified atom stereocenters. The molecule has 1 aromatic carbocycles. The molecule has 0 aliphatic carbocycles. The lowest BCUT2D eigenvalue weighted by atomic mass is 9.98. The molecule has 16 heavy (non-hydrogen) atoms. The molecule has 0 fully saturated rings. The first-order valence-corrected chi connectivity index (χ1v) is 5.26. The van der Waals surface area contributed by atoms with Gasteiger partial charge in [0.1, 0.15) is 0 Å². The monoisotopic (exact) mass is 221 g/mol. The molecule has 0 bridgehead atoms. The van der Waals surface area contributed by atoms with Crippen LogP contribution in [-0.2, 0) is 17.8 Å². The number of rotatable bonds is 1. The van der Waals surface area contributed by atoms with Crippen molar-refractivity contribution in [1.82, 2.24) is 4.90 Å². The number of fused-ring (bicyclic) bond motifs is 1. The number of amides is 1. The van der Waals surface area contributed by atoms with Crippen molar-refractivity contribution in [1.29, 1.82) is 0 Å². The van der Waals surface area contributed by atoms with Crippen LogP contribution in [0.5, 0.6) is 11.5 Å². The quantitative estimate of drug-likeness (QED) is 0.777. The van der Waals surface area contributed by atoms with E-state index in [2.05, 4.69) is 0 Å². The third-order valence-electron chi connectivity index (χ3n) is 3.01.